The van der Waals surface area contributed by atoms with E-state index >= 15 is 0 Å². The molecule has 0 saturated carbocycles. The van der Waals surface area contributed by atoms with Gasteiger partial charge in [0.1, 0.15) is 12.0 Å². The second-order valence-electron chi connectivity index (χ2n) is 4.86. The largest absolute Gasteiger partial charge is 0.494 e. The maximum absolute atomic E-state index is 10.9. The van der Waals surface area contributed by atoms with E-state index in [1.54, 1.807) is 0 Å². The Morgan fingerprint density at radius 3 is 2.28 bits per heavy atom. The number of nitro benzene ring substituents is 2. The number of non-ortho nitro benzene ring substituents is 2. The van der Waals surface area contributed by atoms with Crippen molar-refractivity contribution in [2.75, 3.05) is 17.3 Å². The van der Waals surface area contributed by atoms with Crippen molar-refractivity contribution < 1.29 is 14.6 Å². The van der Waals surface area contributed by atoms with Crippen LogP contribution in [0.15, 0.2) is 47.6 Å². The fourth-order valence-electron chi connectivity index (χ4n) is 2.26. The Morgan fingerprint density at radius 2 is 1.68 bits per heavy atom. The number of nitro groups is 2. The van der Waals surface area contributed by atoms with Crippen LogP contribution in [-0.4, -0.2) is 23.3 Å². The van der Waals surface area contributed by atoms with Crippen molar-refractivity contribution >= 4 is 29.1 Å². The standard InChI is InChI=1S/C14H12N6O5/c1-25-14-8-12(20(23)24)6-7-13(14)18-16-9-15-17(18)10-2-4-11(5-3-10)19(21)22/h2-9H,1H3,(H,15,16). The molecule has 0 aliphatic carbocycles. The summed E-state index contributed by atoms with van der Waals surface area (Å²) in [7, 11) is 1.40. The minimum atomic E-state index is -0.520. The smallest absolute Gasteiger partial charge is 0.273 e. The van der Waals surface area contributed by atoms with Crippen molar-refractivity contribution in [3.05, 3.63) is 62.7 Å². The van der Waals surface area contributed by atoms with E-state index in [0.717, 1.165) is 0 Å². The molecule has 0 saturated heterocycles. The normalized spacial score (nSPS) is 12.8. The van der Waals surface area contributed by atoms with Gasteiger partial charge in [-0.3, -0.25) is 25.7 Å². The number of benzene rings is 2. The molecule has 1 N–H and O–H groups in total. The monoisotopic (exact) mass is 344 g/mol. The lowest BCUT2D eigenvalue weighted by atomic mass is 10.2. The van der Waals surface area contributed by atoms with Crippen LogP contribution < -0.4 is 20.4 Å². The molecule has 1 heterocycles. The Balaban J connectivity index is 1.94. The molecule has 2 aromatic carbocycles. The van der Waals surface area contributed by atoms with E-state index < -0.39 is 9.85 Å². The van der Waals surface area contributed by atoms with Crippen LogP contribution in [0.1, 0.15) is 0 Å². The first kappa shape index (κ1) is 16.0. The fourth-order valence-corrected chi connectivity index (χ4v) is 2.26. The highest BCUT2D eigenvalue weighted by Gasteiger charge is 2.25. The van der Waals surface area contributed by atoms with Gasteiger partial charge in [0.05, 0.1) is 28.7 Å². The van der Waals surface area contributed by atoms with Gasteiger partial charge in [-0.25, -0.2) is 0 Å². The molecule has 0 fully saturated rings. The molecule has 0 bridgehead atoms. The number of hydrazone groups is 1. The Kier molecular flexibility index (Phi) is 4.04. The molecule has 128 valence electrons. The topological polar surface area (TPSA) is 126 Å². The van der Waals surface area contributed by atoms with E-state index in [1.807, 2.05) is 0 Å². The first-order valence-electron chi connectivity index (χ1n) is 6.97. The highest BCUT2D eigenvalue weighted by atomic mass is 16.6. The molecule has 2 aromatic rings. The molecular weight excluding hydrogens is 332 g/mol. The summed E-state index contributed by atoms with van der Waals surface area (Å²) in [5.74, 6) is 0.263. The molecule has 11 heteroatoms. The van der Waals surface area contributed by atoms with Crippen LogP contribution in [0.3, 0.4) is 0 Å². The predicted molar refractivity (Wildman–Crippen MR) is 89.3 cm³/mol. The third-order valence-electron chi connectivity index (χ3n) is 3.43. The van der Waals surface area contributed by atoms with Gasteiger partial charge in [-0.15, -0.1) is 5.10 Å². The highest BCUT2D eigenvalue weighted by Crippen LogP contribution is 2.34. The van der Waals surface area contributed by atoms with E-state index in [0.29, 0.717) is 11.4 Å². The summed E-state index contributed by atoms with van der Waals surface area (Å²) in [6, 6.07) is 9.93. The quantitative estimate of drug-likeness (QED) is 0.646. The number of hydrogen-bond donors (Lipinski definition) is 1. The van der Waals surface area contributed by atoms with Crippen molar-refractivity contribution in [1.29, 1.82) is 0 Å². The zero-order valence-electron chi connectivity index (χ0n) is 12.9. The third kappa shape index (κ3) is 2.97. The summed E-state index contributed by atoms with van der Waals surface area (Å²) in [4.78, 5) is 20.6. The number of nitrogens with one attached hydrogen (secondary N) is 1. The van der Waals surface area contributed by atoms with Gasteiger partial charge in [0.15, 0.2) is 5.75 Å². The third-order valence-corrected chi connectivity index (χ3v) is 3.43. The van der Waals surface area contributed by atoms with Gasteiger partial charge in [-0.1, -0.05) is 0 Å². The summed E-state index contributed by atoms with van der Waals surface area (Å²) in [5.41, 5.74) is 3.74. The van der Waals surface area contributed by atoms with Crippen molar-refractivity contribution in [1.82, 2.24) is 5.43 Å². The Labute approximate surface area is 141 Å². The lowest BCUT2D eigenvalue weighted by molar-refractivity contribution is -0.385. The van der Waals surface area contributed by atoms with E-state index in [2.05, 4.69) is 10.5 Å². The molecule has 0 radical (unpaired) electrons. The second kappa shape index (κ2) is 6.31. The average molecular weight is 344 g/mol. The van der Waals surface area contributed by atoms with Crippen LogP contribution in [0.5, 0.6) is 5.75 Å². The van der Waals surface area contributed by atoms with Crippen LogP contribution in [-0.2, 0) is 0 Å². The molecule has 0 atom stereocenters. The fraction of sp³-hybridized carbons (Fsp3) is 0.0714. The molecule has 0 amide bonds. The first-order chi connectivity index (χ1) is 12.0. The van der Waals surface area contributed by atoms with Crippen LogP contribution in [0.4, 0.5) is 22.7 Å². The van der Waals surface area contributed by atoms with Gasteiger partial charge in [0, 0.05) is 18.2 Å². The SMILES string of the molecule is COc1cc([N+](=O)[O-])ccc1N1NC=NN1c1ccc([N+](=O)[O-])cc1. The van der Waals surface area contributed by atoms with Crippen molar-refractivity contribution in [2.45, 2.75) is 0 Å². The zero-order valence-corrected chi connectivity index (χ0v) is 12.9. The Hall–Kier alpha value is -3.89. The maximum atomic E-state index is 10.9. The van der Waals surface area contributed by atoms with Crippen LogP contribution in [0, 0.1) is 20.2 Å². The molecule has 1 aliphatic heterocycles. The van der Waals surface area contributed by atoms with Gasteiger partial charge in [-0.05, 0) is 18.2 Å². The van der Waals surface area contributed by atoms with Crippen LogP contribution >= 0.6 is 0 Å². The minimum absolute atomic E-state index is 0.0423. The molecule has 3 rings (SSSR count). The number of ether oxygens (including phenoxy) is 1. The average Bonchev–Trinajstić information content (AvgIpc) is 3.10. The molecular formula is C14H12N6O5. The summed E-state index contributed by atoms with van der Waals surface area (Å²) < 4.78 is 5.23. The van der Waals surface area contributed by atoms with E-state index in [-0.39, 0.29) is 17.1 Å². The lowest BCUT2D eigenvalue weighted by Crippen LogP contribution is -2.42. The molecule has 11 nitrogen and oxygen atoms in total. The highest BCUT2D eigenvalue weighted by molar-refractivity contribution is 5.74. The summed E-state index contributed by atoms with van der Waals surface area (Å²) in [6.45, 7) is 0. The van der Waals surface area contributed by atoms with Gasteiger partial charge in [0.2, 0.25) is 0 Å². The van der Waals surface area contributed by atoms with Gasteiger partial charge in [0.25, 0.3) is 11.4 Å². The molecule has 0 unspecified atom stereocenters. The first-order valence-corrected chi connectivity index (χ1v) is 6.97. The number of hydrogen-bond acceptors (Lipinski definition) is 9. The summed E-state index contributed by atoms with van der Waals surface area (Å²) in [6.07, 6.45) is 1.41. The number of hydrazine groups is 2. The molecule has 25 heavy (non-hydrogen) atoms. The number of rotatable bonds is 5. The Bertz CT molecular complexity index is 853. The number of anilines is 2. The molecule has 0 aromatic heterocycles. The summed E-state index contributed by atoms with van der Waals surface area (Å²) in [5, 5.41) is 28.7. The van der Waals surface area contributed by atoms with E-state index in [4.69, 9.17) is 4.74 Å². The molecule has 0 spiro atoms. The Morgan fingerprint density at radius 1 is 1.04 bits per heavy atom. The number of nitrogens with zero attached hydrogens (tertiary/aromatic N) is 5. The van der Waals surface area contributed by atoms with Gasteiger partial charge < -0.3 is 4.74 Å². The number of methoxy groups -OCH3 is 1. The summed E-state index contributed by atoms with van der Waals surface area (Å²) >= 11 is 0. The van der Waals surface area contributed by atoms with Crippen molar-refractivity contribution in [2.24, 2.45) is 5.10 Å². The van der Waals surface area contributed by atoms with E-state index in [9.17, 15) is 20.2 Å². The van der Waals surface area contributed by atoms with Crippen LogP contribution in [0.25, 0.3) is 0 Å². The predicted octanol–water partition coefficient (Wildman–Crippen LogP) is 2.20. The van der Waals surface area contributed by atoms with Gasteiger partial charge >= 0.3 is 0 Å². The van der Waals surface area contributed by atoms with Crippen molar-refractivity contribution in [3.8, 4) is 5.75 Å². The van der Waals surface area contributed by atoms with Crippen LogP contribution in [0.2, 0.25) is 0 Å². The maximum Gasteiger partial charge on any atom is 0.273 e. The zero-order chi connectivity index (χ0) is 18.0. The lowest BCUT2D eigenvalue weighted by Gasteiger charge is -2.28. The van der Waals surface area contributed by atoms with E-state index in [1.165, 1.54) is 66.1 Å². The van der Waals surface area contributed by atoms with Gasteiger partial charge in [-0.2, -0.15) is 10.2 Å². The minimum Gasteiger partial charge on any atom is -0.494 e. The van der Waals surface area contributed by atoms with Crippen molar-refractivity contribution in [3.63, 3.8) is 0 Å². The molecule has 1 aliphatic rings. The second-order valence-corrected chi connectivity index (χ2v) is 4.86.